The average Bonchev–Trinajstić information content (AvgIpc) is 2.17. The first-order valence-corrected chi connectivity index (χ1v) is 3.92. The number of carbonyl (C=O) groups excluding carboxylic acids is 3. The molecule has 0 fully saturated rings. The van der Waals surface area contributed by atoms with E-state index in [0.717, 1.165) is 0 Å². The molecule has 0 aromatic carbocycles. The highest BCUT2D eigenvalue weighted by Gasteiger charge is 2.03. The molecule has 0 rings (SSSR count). The number of hydrogen-bond donors (Lipinski definition) is 2. The molecule has 86 valence electrons. The molecule has 0 unspecified atom stereocenters. The Bertz CT molecular complexity index is 242. The van der Waals surface area contributed by atoms with Crippen LogP contribution in [-0.2, 0) is 19.0 Å². The van der Waals surface area contributed by atoms with Gasteiger partial charge in [0.15, 0.2) is 0 Å². The van der Waals surface area contributed by atoms with Gasteiger partial charge in [-0.05, 0) is 0 Å². The van der Waals surface area contributed by atoms with Gasteiger partial charge < -0.3 is 24.8 Å². The SMILES string of the molecule is COC(=O)NCNC(=O)OCOC(C)=O. The Kier molecular flexibility index (Phi) is 6.43. The first-order valence-electron chi connectivity index (χ1n) is 3.92. The Hall–Kier alpha value is -1.99. The number of nitrogens with one attached hydrogen (secondary N) is 2. The van der Waals surface area contributed by atoms with E-state index >= 15 is 0 Å². The second-order valence-electron chi connectivity index (χ2n) is 2.21. The van der Waals surface area contributed by atoms with Crippen LogP contribution in [0.25, 0.3) is 0 Å². The van der Waals surface area contributed by atoms with E-state index in [9.17, 15) is 14.4 Å². The number of ether oxygens (including phenoxy) is 3. The molecule has 8 heteroatoms. The Labute approximate surface area is 85.9 Å². The van der Waals surface area contributed by atoms with Crippen molar-refractivity contribution in [2.75, 3.05) is 20.6 Å². The highest BCUT2D eigenvalue weighted by Crippen LogP contribution is 1.80. The van der Waals surface area contributed by atoms with Crippen LogP contribution in [0.5, 0.6) is 0 Å². The van der Waals surface area contributed by atoms with Crippen molar-refractivity contribution in [1.82, 2.24) is 10.6 Å². The van der Waals surface area contributed by atoms with E-state index < -0.39 is 24.9 Å². The van der Waals surface area contributed by atoms with Crippen molar-refractivity contribution in [3.05, 3.63) is 0 Å². The van der Waals surface area contributed by atoms with Gasteiger partial charge in [0.05, 0.1) is 13.8 Å². The van der Waals surface area contributed by atoms with Crippen molar-refractivity contribution in [2.45, 2.75) is 6.92 Å². The summed E-state index contributed by atoms with van der Waals surface area (Å²) in [5, 5.41) is 4.34. The van der Waals surface area contributed by atoms with Crippen LogP contribution >= 0.6 is 0 Å². The molecule has 2 N–H and O–H groups in total. The molecular formula is C7H12N2O6. The number of methoxy groups -OCH3 is 1. The summed E-state index contributed by atoms with van der Waals surface area (Å²) in [7, 11) is 1.19. The van der Waals surface area contributed by atoms with Crippen molar-refractivity contribution in [1.29, 1.82) is 0 Å². The fourth-order valence-corrected chi connectivity index (χ4v) is 0.478. The van der Waals surface area contributed by atoms with Crippen LogP contribution in [0.4, 0.5) is 9.59 Å². The molecule has 0 aliphatic heterocycles. The van der Waals surface area contributed by atoms with Crippen LogP contribution in [-0.4, -0.2) is 38.7 Å². The summed E-state index contributed by atoms with van der Waals surface area (Å²) in [5.41, 5.74) is 0. The van der Waals surface area contributed by atoms with Gasteiger partial charge in [0, 0.05) is 6.92 Å². The minimum atomic E-state index is -0.826. The minimum Gasteiger partial charge on any atom is -0.453 e. The zero-order valence-corrected chi connectivity index (χ0v) is 8.36. The molecule has 0 aliphatic rings. The summed E-state index contributed by atoms with van der Waals surface area (Å²) in [4.78, 5) is 31.5. The highest BCUT2D eigenvalue weighted by molar-refractivity contribution is 5.70. The predicted molar refractivity (Wildman–Crippen MR) is 46.7 cm³/mol. The van der Waals surface area contributed by atoms with E-state index in [2.05, 4.69) is 24.8 Å². The number of amides is 2. The molecule has 0 aromatic rings. The second kappa shape index (κ2) is 7.42. The zero-order chi connectivity index (χ0) is 11.7. The van der Waals surface area contributed by atoms with Crippen LogP contribution in [0.15, 0.2) is 0 Å². The molecule has 0 spiro atoms. The third-order valence-electron chi connectivity index (χ3n) is 1.10. The van der Waals surface area contributed by atoms with E-state index in [0.29, 0.717) is 0 Å². The largest absolute Gasteiger partial charge is 0.453 e. The summed E-state index contributed by atoms with van der Waals surface area (Å²) in [6, 6.07) is 0. The summed E-state index contributed by atoms with van der Waals surface area (Å²) in [6.45, 7) is 0.561. The number of esters is 1. The maximum Gasteiger partial charge on any atom is 0.411 e. The van der Waals surface area contributed by atoms with Gasteiger partial charge in [-0.25, -0.2) is 9.59 Å². The molecule has 0 bridgehead atoms. The van der Waals surface area contributed by atoms with Gasteiger partial charge in [0.1, 0.15) is 0 Å². The van der Waals surface area contributed by atoms with E-state index in [1.807, 2.05) is 0 Å². The molecule has 0 atom stereocenters. The molecule has 15 heavy (non-hydrogen) atoms. The molecule has 0 saturated carbocycles. The van der Waals surface area contributed by atoms with Gasteiger partial charge in [0.2, 0.25) is 6.79 Å². The molecule has 0 aromatic heterocycles. The van der Waals surface area contributed by atoms with Crippen LogP contribution in [0.2, 0.25) is 0 Å². The topological polar surface area (TPSA) is 103 Å². The van der Waals surface area contributed by atoms with Crippen molar-refractivity contribution in [3.63, 3.8) is 0 Å². The molecule has 0 radical (unpaired) electrons. The van der Waals surface area contributed by atoms with E-state index in [4.69, 9.17) is 0 Å². The fraction of sp³-hybridized carbons (Fsp3) is 0.571. The number of rotatable bonds is 4. The number of hydrogen-bond acceptors (Lipinski definition) is 6. The molecule has 0 heterocycles. The summed E-state index contributed by atoms with van der Waals surface area (Å²) >= 11 is 0. The Morgan fingerprint density at radius 2 is 1.67 bits per heavy atom. The second-order valence-corrected chi connectivity index (χ2v) is 2.21. The van der Waals surface area contributed by atoms with Crippen molar-refractivity contribution in [3.8, 4) is 0 Å². The normalized spacial score (nSPS) is 8.67. The van der Waals surface area contributed by atoms with Crippen LogP contribution in [0.1, 0.15) is 6.92 Å². The lowest BCUT2D eigenvalue weighted by molar-refractivity contribution is -0.149. The van der Waals surface area contributed by atoms with Crippen LogP contribution < -0.4 is 10.6 Å². The van der Waals surface area contributed by atoms with Gasteiger partial charge in [-0.2, -0.15) is 0 Å². The van der Waals surface area contributed by atoms with E-state index in [1.165, 1.54) is 14.0 Å². The van der Waals surface area contributed by atoms with Crippen LogP contribution in [0, 0.1) is 0 Å². The quantitative estimate of drug-likeness (QED) is 0.491. The summed E-state index contributed by atoms with van der Waals surface area (Å²) < 4.78 is 12.9. The molecule has 2 amide bonds. The van der Waals surface area contributed by atoms with Gasteiger partial charge >= 0.3 is 18.2 Å². The predicted octanol–water partition coefficient (Wildman–Crippen LogP) is -0.453. The van der Waals surface area contributed by atoms with Crippen LogP contribution in [0.3, 0.4) is 0 Å². The first kappa shape index (κ1) is 13.0. The van der Waals surface area contributed by atoms with E-state index in [1.54, 1.807) is 0 Å². The Morgan fingerprint density at radius 3 is 2.20 bits per heavy atom. The standard InChI is InChI=1S/C7H12N2O6/c1-5(10)14-4-15-7(12)9-3-8-6(11)13-2/h3-4H2,1-2H3,(H,8,11)(H,9,12). The summed E-state index contributed by atoms with van der Waals surface area (Å²) in [5.74, 6) is -0.560. The lowest BCUT2D eigenvalue weighted by Crippen LogP contribution is -2.37. The summed E-state index contributed by atoms with van der Waals surface area (Å²) in [6.07, 6.45) is -1.51. The van der Waals surface area contributed by atoms with Crippen molar-refractivity contribution in [2.24, 2.45) is 0 Å². The third-order valence-corrected chi connectivity index (χ3v) is 1.10. The Morgan fingerprint density at radius 1 is 1.07 bits per heavy atom. The number of carbonyl (C=O) groups is 3. The molecule has 0 aliphatic carbocycles. The van der Waals surface area contributed by atoms with Gasteiger partial charge in [0.25, 0.3) is 0 Å². The molecule has 0 saturated heterocycles. The lowest BCUT2D eigenvalue weighted by Gasteiger charge is -2.07. The number of alkyl carbamates (subject to hydrolysis) is 2. The van der Waals surface area contributed by atoms with E-state index in [-0.39, 0.29) is 6.67 Å². The van der Waals surface area contributed by atoms with Gasteiger partial charge in [-0.15, -0.1) is 0 Å². The highest BCUT2D eigenvalue weighted by atomic mass is 16.7. The minimum absolute atomic E-state index is 0.147. The average molecular weight is 220 g/mol. The maximum absolute atomic E-state index is 10.8. The van der Waals surface area contributed by atoms with Gasteiger partial charge in [-0.1, -0.05) is 0 Å². The first-order chi connectivity index (χ1) is 7.06. The fourth-order valence-electron chi connectivity index (χ4n) is 0.478. The monoisotopic (exact) mass is 220 g/mol. The third kappa shape index (κ3) is 8.34. The maximum atomic E-state index is 10.8. The Balaban J connectivity index is 3.41. The smallest absolute Gasteiger partial charge is 0.411 e. The van der Waals surface area contributed by atoms with Crippen molar-refractivity contribution >= 4 is 18.2 Å². The van der Waals surface area contributed by atoms with Gasteiger partial charge in [-0.3, -0.25) is 4.79 Å². The molecule has 8 nitrogen and oxygen atoms in total. The zero-order valence-electron chi connectivity index (χ0n) is 8.36. The van der Waals surface area contributed by atoms with Crippen molar-refractivity contribution < 1.29 is 28.6 Å². The molecular weight excluding hydrogens is 208 g/mol. The lowest BCUT2D eigenvalue weighted by atomic mass is 10.8.